The maximum atomic E-state index is 12.6. The van der Waals surface area contributed by atoms with E-state index in [1.54, 1.807) is 18.4 Å². The smallest absolute Gasteiger partial charge is 0.225 e. The first-order chi connectivity index (χ1) is 10.9. The highest BCUT2D eigenvalue weighted by Gasteiger charge is 2.32. The van der Waals surface area contributed by atoms with Crippen molar-refractivity contribution in [2.45, 2.75) is 58.6 Å². The van der Waals surface area contributed by atoms with E-state index >= 15 is 0 Å². The summed E-state index contributed by atoms with van der Waals surface area (Å²) in [6.07, 6.45) is 4.22. The molecule has 0 bridgehead atoms. The number of hydrogen-bond donors (Lipinski definition) is 2. The van der Waals surface area contributed by atoms with Crippen LogP contribution in [-0.2, 0) is 9.53 Å². The van der Waals surface area contributed by atoms with Gasteiger partial charge in [-0.3, -0.25) is 4.79 Å². The lowest BCUT2D eigenvalue weighted by atomic mass is 9.79. The highest BCUT2D eigenvalue weighted by Crippen LogP contribution is 2.31. The molecule has 23 heavy (non-hydrogen) atoms. The Hall–Kier alpha value is -1.33. The molecule has 2 rings (SSSR count). The number of aliphatic hydroxyl groups excluding tert-OH is 1. The molecule has 1 aliphatic heterocycles. The van der Waals surface area contributed by atoms with Crippen LogP contribution >= 0.6 is 0 Å². The van der Waals surface area contributed by atoms with Crippen LogP contribution in [0.1, 0.15) is 58.3 Å². The van der Waals surface area contributed by atoms with Gasteiger partial charge in [-0.25, -0.2) is 0 Å². The van der Waals surface area contributed by atoms with Crippen molar-refractivity contribution < 1.29 is 19.1 Å². The summed E-state index contributed by atoms with van der Waals surface area (Å²) in [5.41, 5.74) is -0.411. The van der Waals surface area contributed by atoms with Crippen LogP contribution in [0.25, 0.3) is 0 Å². The predicted molar refractivity (Wildman–Crippen MR) is 87.8 cm³/mol. The highest BCUT2D eigenvalue weighted by molar-refractivity contribution is 5.82. The third kappa shape index (κ3) is 5.36. The molecule has 2 unspecified atom stereocenters. The van der Waals surface area contributed by atoms with Crippen molar-refractivity contribution in [3.05, 3.63) is 24.2 Å². The van der Waals surface area contributed by atoms with E-state index in [4.69, 9.17) is 9.15 Å². The number of hydrogen-bond acceptors (Lipinski definition) is 4. The van der Waals surface area contributed by atoms with Gasteiger partial charge in [0.05, 0.1) is 6.26 Å². The number of rotatable bonds is 7. The number of furan rings is 1. The van der Waals surface area contributed by atoms with Crippen molar-refractivity contribution in [1.29, 1.82) is 0 Å². The van der Waals surface area contributed by atoms with Crippen LogP contribution in [0.3, 0.4) is 0 Å². The van der Waals surface area contributed by atoms with E-state index in [2.05, 4.69) is 5.32 Å². The first-order valence-corrected chi connectivity index (χ1v) is 8.48. The van der Waals surface area contributed by atoms with E-state index in [9.17, 15) is 9.90 Å². The van der Waals surface area contributed by atoms with Crippen molar-refractivity contribution in [3.8, 4) is 0 Å². The Kier molecular flexibility index (Phi) is 6.25. The standard InChI is InChI=1S/C18H29NO4/c1-13(11-15(20)16-5-4-8-23-16)19-17(21)18(2,3)12-14-6-9-22-10-7-14/h4-5,8,13-15,20H,6-7,9-12H2,1-3H3,(H,19,21). The van der Waals surface area contributed by atoms with E-state index in [-0.39, 0.29) is 11.9 Å². The number of carbonyl (C=O) groups is 1. The van der Waals surface area contributed by atoms with E-state index in [1.165, 1.54) is 0 Å². The zero-order valence-electron chi connectivity index (χ0n) is 14.4. The van der Waals surface area contributed by atoms with Gasteiger partial charge in [0.1, 0.15) is 11.9 Å². The summed E-state index contributed by atoms with van der Waals surface area (Å²) in [5.74, 6) is 1.13. The van der Waals surface area contributed by atoms with Crippen molar-refractivity contribution >= 4 is 5.91 Å². The second-order valence-corrected chi connectivity index (χ2v) is 7.29. The Bertz CT molecular complexity index is 477. The molecule has 0 aromatic carbocycles. The summed E-state index contributed by atoms with van der Waals surface area (Å²) >= 11 is 0. The van der Waals surface area contributed by atoms with Gasteiger partial charge in [0, 0.05) is 31.1 Å². The van der Waals surface area contributed by atoms with Gasteiger partial charge in [-0.2, -0.15) is 0 Å². The molecule has 1 aliphatic rings. The van der Waals surface area contributed by atoms with E-state index in [1.807, 2.05) is 20.8 Å². The Morgan fingerprint density at radius 1 is 1.43 bits per heavy atom. The summed E-state index contributed by atoms with van der Waals surface area (Å²) in [6.45, 7) is 7.50. The largest absolute Gasteiger partial charge is 0.467 e. The van der Waals surface area contributed by atoms with E-state index in [0.717, 1.165) is 32.5 Å². The average molecular weight is 323 g/mol. The van der Waals surface area contributed by atoms with Crippen LogP contribution in [0, 0.1) is 11.3 Å². The van der Waals surface area contributed by atoms with E-state index in [0.29, 0.717) is 18.1 Å². The van der Waals surface area contributed by atoms with Crippen LogP contribution in [0.15, 0.2) is 22.8 Å². The Morgan fingerprint density at radius 2 is 2.13 bits per heavy atom. The quantitative estimate of drug-likeness (QED) is 0.809. The van der Waals surface area contributed by atoms with Crippen molar-refractivity contribution in [3.63, 3.8) is 0 Å². The summed E-state index contributed by atoms with van der Waals surface area (Å²) in [7, 11) is 0. The minimum absolute atomic E-state index is 0.0446. The minimum atomic E-state index is -0.695. The second-order valence-electron chi connectivity index (χ2n) is 7.29. The molecule has 2 N–H and O–H groups in total. The first kappa shape index (κ1) is 18.0. The molecule has 130 valence electrons. The summed E-state index contributed by atoms with van der Waals surface area (Å²) < 4.78 is 10.6. The Morgan fingerprint density at radius 3 is 2.74 bits per heavy atom. The minimum Gasteiger partial charge on any atom is -0.467 e. The number of ether oxygens (including phenoxy) is 1. The van der Waals surface area contributed by atoms with Gasteiger partial charge < -0.3 is 19.6 Å². The predicted octanol–water partition coefficient (Wildman–Crippen LogP) is 3.05. The van der Waals surface area contributed by atoms with Gasteiger partial charge in [-0.15, -0.1) is 0 Å². The van der Waals surface area contributed by atoms with Gasteiger partial charge >= 0.3 is 0 Å². The van der Waals surface area contributed by atoms with E-state index < -0.39 is 11.5 Å². The molecule has 2 heterocycles. The molecule has 0 aliphatic carbocycles. The fourth-order valence-electron chi connectivity index (χ4n) is 3.17. The monoisotopic (exact) mass is 323 g/mol. The molecule has 1 fully saturated rings. The highest BCUT2D eigenvalue weighted by atomic mass is 16.5. The van der Waals surface area contributed by atoms with Crippen molar-refractivity contribution in [2.24, 2.45) is 11.3 Å². The molecule has 1 saturated heterocycles. The number of aliphatic hydroxyl groups is 1. The molecule has 5 heteroatoms. The zero-order chi connectivity index (χ0) is 16.9. The zero-order valence-corrected chi connectivity index (χ0v) is 14.4. The molecule has 1 amide bonds. The molecule has 0 saturated carbocycles. The summed E-state index contributed by atoms with van der Waals surface area (Å²) in [4.78, 5) is 12.6. The number of nitrogens with one attached hydrogen (secondary N) is 1. The molecule has 2 atom stereocenters. The molecule has 1 aromatic heterocycles. The Balaban J connectivity index is 1.81. The maximum absolute atomic E-state index is 12.6. The molecule has 5 nitrogen and oxygen atoms in total. The molecular formula is C18H29NO4. The normalized spacial score (nSPS) is 19.3. The maximum Gasteiger partial charge on any atom is 0.225 e. The molecule has 0 radical (unpaired) electrons. The topological polar surface area (TPSA) is 71.7 Å². The van der Waals surface area contributed by atoms with Gasteiger partial charge in [0.25, 0.3) is 0 Å². The van der Waals surface area contributed by atoms with Crippen LogP contribution in [0.2, 0.25) is 0 Å². The average Bonchev–Trinajstić information content (AvgIpc) is 3.01. The lowest BCUT2D eigenvalue weighted by Gasteiger charge is -2.32. The SMILES string of the molecule is CC(CC(O)c1ccco1)NC(=O)C(C)(C)CC1CCOCC1. The number of carbonyl (C=O) groups excluding carboxylic acids is 1. The van der Waals surface area contributed by atoms with Crippen molar-refractivity contribution in [2.75, 3.05) is 13.2 Å². The molecular weight excluding hydrogens is 294 g/mol. The van der Waals surface area contributed by atoms with Gasteiger partial charge in [-0.1, -0.05) is 13.8 Å². The Labute approximate surface area is 138 Å². The lowest BCUT2D eigenvalue weighted by Crippen LogP contribution is -2.43. The van der Waals surface area contributed by atoms with Crippen molar-refractivity contribution in [1.82, 2.24) is 5.32 Å². The molecule has 0 spiro atoms. The van der Waals surface area contributed by atoms with Gasteiger partial charge in [0.15, 0.2) is 0 Å². The third-order valence-corrected chi connectivity index (χ3v) is 4.58. The fourth-order valence-corrected chi connectivity index (χ4v) is 3.17. The second kappa shape index (κ2) is 7.97. The fraction of sp³-hybridized carbons (Fsp3) is 0.722. The van der Waals surface area contributed by atoms with Gasteiger partial charge in [-0.05, 0) is 44.2 Å². The summed E-state index contributed by atoms with van der Waals surface area (Å²) in [6, 6.07) is 3.38. The third-order valence-electron chi connectivity index (χ3n) is 4.58. The van der Waals surface area contributed by atoms with Gasteiger partial charge in [0.2, 0.25) is 5.91 Å². The number of amides is 1. The first-order valence-electron chi connectivity index (χ1n) is 8.48. The lowest BCUT2D eigenvalue weighted by molar-refractivity contribution is -0.131. The molecule has 1 aromatic rings. The van der Waals surface area contributed by atoms with Crippen LogP contribution in [0.4, 0.5) is 0 Å². The van der Waals surface area contributed by atoms with Crippen LogP contribution < -0.4 is 5.32 Å². The van der Waals surface area contributed by atoms with Crippen LogP contribution in [0.5, 0.6) is 0 Å². The van der Waals surface area contributed by atoms with Crippen LogP contribution in [-0.4, -0.2) is 30.3 Å². The summed E-state index contributed by atoms with van der Waals surface area (Å²) in [5, 5.41) is 13.1.